The van der Waals surface area contributed by atoms with Crippen LogP contribution >= 0.6 is 11.3 Å². The molecule has 3 atom stereocenters. The van der Waals surface area contributed by atoms with Crippen LogP contribution in [0.4, 0.5) is 9.52 Å². The van der Waals surface area contributed by atoms with Crippen LogP contribution in [0.2, 0.25) is 0 Å². The van der Waals surface area contributed by atoms with Crippen molar-refractivity contribution in [3.8, 4) is 5.75 Å². The van der Waals surface area contributed by atoms with Gasteiger partial charge in [-0.15, -0.1) is 0 Å². The number of halogens is 1. The molecule has 3 aliphatic rings. The van der Waals surface area contributed by atoms with Gasteiger partial charge in [-0.2, -0.15) is 0 Å². The van der Waals surface area contributed by atoms with Gasteiger partial charge < -0.3 is 9.47 Å². The van der Waals surface area contributed by atoms with Gasteiger partial charge in [-0.3, -0.25) is 14.5 Å². The lowest BCUT2D eigenvalue weighted by atomic mass is 9.77. The summed E-state index contributed by atoms with van der Waals surface area (Å²) in [6, 6.07) is 11.1. The topological polar surface area (TPSA) is 68.7 Å². The lowest BCUT2D eigenvalue weighted by Crippen LogP contribution is -2.39. The lowest BCUT2D eigenvalue weighted by molar-refractivity contribution is -0.131. The second-order valence-electron chi connectivity index (χ2n) is 8.85. The minimum absolute atomic E-state index is 0.0132. The molecule has 1 aromatic heterocycles. The highest BCUT2D eigenvalue weighted by atomic mass is 32.1. The molecule has 2 aliphatic heterocycles. The average Bonchev–Trinajstić information content (AvgIpc) is 3.38. The first-order valence-corrected chi connectivity index (χ1v) is 12.4. The van der Waals surface area contributed by atoms with E-state index < -0.39 is 6.04 Å². The average molecular weight is 479 g/mol. The number of aromatic nitrogens is 1. The zero-order valence-corrected chi connectivity index (χ0v) is 19.4. The molecule has 3 unspecified atom stereocenters. The number of hydrogen-bond donors (Lipinski definition) is 0. The smallest absolute Gasteiger partial charge is 0.296 e. The molecule has 0 bridgehead atoms. The quantitative estimate of drug-likeness (QED) is 0.507. The number of anilines is 1. The Morgan fingerprint density at radius 3 is 2.88 bits per heavy atom. The minimum Gasteiger partial charge on any atom is -0.494 e. The fourth-order valence-corrected chi connectivity index (χ4v) is 6.31. The molecular formula is C26H23FN2O4S. The molecule has 3 aromatic rings. The fourth-order valence-electron chi connectivity index (χ4n) is 5.29. The van der Waals surface area contributed by atoms with Crippen molar-refractivity contribution in [3.05, 3.63) is 65.2 Å². The summed E-state index contributed by atoms with van der Waals surface area (Å²) in [6.07, 6.45) is 3.23. The second kappa shape index (κ2) is 8.20. The Morgan fingerprint density at radius 1 is 1.18 bits per heavy atom. The van der Waals surface area contributed by atoms with Crippen LogP contribution in [0.1, 0.15) is 44.2 Å². The van der Waals surface area contributed by atoms with Gasteiger partial charge in [-0.25, -0.2) is 9.37 Å². The molecule has 1 fully saturated rings. The van der Waals surface area contributed by atoms with Crippen LogP contribution in [-0.4, -0.2) is 29.4 Å². The van der Waals surface area contributed by atoms with Gasteiger partial charge in [0.2, 0.25) is 0 Å². The van der Waals surface area contributed by atoms with Crippen LogP contribution in [0.15, 0.2) is 53.8 Å². The lowest BCUT2D eigenvalue weighted by Gasteiger charge is -2.35. The molecule has 0 radical (unpaired) electrons. The maximum atomic E-state index is 13.8. The maximum absolute atomic E-state index is 13.8. The van der Waals surface area contributed by atoms with Crippen LogP contribution < -0.4 is 9.64 Å². The van der Waals surface area contributed by atoms with E-state index in [1.807, 2.05) is 31.2 Å². The van der Waals surface area contributed by atoms with E-state index in [9.17, 15) is 14.0 Å². The van der Waals surface area contributed by atoms with Gasteiger partial charge in [0.25, 0.3) is 5.91 Å². The van der Waals surface area contributed by atoms with Crippen molar-refractivity contribution in [2.75, 3.05) is 11.5 Å². The molecule has 1 amide bonds. The molecule has 1 aliphatic carbocycles. The summed E-state index contributed by atoms with van der Waals surface area (Å²) in [7, 11) is 0. The Kier molecular flexibility index (Phi) is 5.13. The number of thiazole rings is 1. The van der Waals surface area contributed by atoms with Crippen molar-refractivity contribution < 1.29 is 23.5 Å². The van der Waals surface area contributed by atoms with E-state index in [4.69, 9.17) is 9.47 Å². The largest absolute Gasteiger partial charge is 0.494 e. The normalized spacial score (nSPS) is 24.3. The van der Waals surface area contributed by atoms with Crippen LogP contribution in [-0.2, 0) is 14.3 Å². The molecule has 1 saturated carbocycles. The molecule has 2 aromatic carbocycles. The standard InChI is InChI=1S/C26H23FN2O4S/c1-2-32-16-7-5-6-14(12-16)22-21-23(30)17-8-3-4-9-19(17)33-24(21)25(31)29(22)26-28-18-11-10-15(27)13-20(18)34-26/h5-7,10-13,17,19,22H,2-4,8-9H2,1H3. The SMILES string of the molecule is CCOc1cccc(C2C3=C(OC4CCCCC4C3=O)C(=O)N2c2nc3ccc(F)cc3s2)c1. The Hall–Kier alpha value is -3.26. The summed E-state index contributed by atoms with van der Waals surface area (Å²) in [5.74, 6) is -0.198. The molecular weight excluding hydrogens is 455 g/mol. The van der Waals surface area contributed by atoms with E-state index in [-0.39, 0.29) is 35.3 Å². The van der Waals surface area contributed by atoms with E-state index in [0.29, 0.717) is 33.3 Å². The highest BCUT2D eigenvalue weighted by Gasteiger charge is 2.53. The molecule has 6 rings (SSSR count). The minimum atomic E-state index is -0.677. The van der Waals surface area contributed by atoms with Gasteiger partial charge in [0.1, 0.15) is 17.7 Å². The fraction of sp³-hybridized carbons (Fsp3) is 0.346. The van der Waals surface area contributed by atoms with Crippen molar-refractivity contribution >= 4 is 38.4 Å². The third-order valence-corrected chi connectivity index (χ3v) is 7.81. The van der Waals surface area contributed by atoms with E-state index >= 15 is 0 Å². The van der Waals surface area contributed by atoms with Crippen LogP contribution in [0.25, 0.3) is 10.2 Å². The van der Waals surface area contributed by atoms with Gasteiger partial charge >= 0.3 is 0 Å². The molecule has 0 spiro atoms. The molecule has 0 saturated heterocycles. The molecule has 3 heterocycles. The van der Waals surface area contributed by atoms with Crippen LogP contribution in [0.3, 0.4) is 0 Å². The van der Waals surface area contributed by atoms with Crippen LogP contribution in [0.5, 0.6) is 5.75 Å². The Balaban J connectivity index is 1.51. The van der Waals surface area contributed by atoms with E-state index in [1.54, 1.807) is 6.07 Å². The Morgan fingerprint density at radius 2 is 2.03 bits per heavy atom. The predicted molar refractivity (Wildman–Crippen MR) is 126 cm³/mol. The van der Waals surface area contributed by atoms with E-state index in [1.165, 1.54) is 28.4 Å². The van der Waals surface area contributed by atoms with Crippen molar-refractivity contribution in [2.45, 2.75) is 44.8 Å². The zero-order chi connectivity index (χ0) is 23.4. The van der Waals surface area contributed by atoms with Crippen molar-refractivity contribution in [1.29, 1.82) is 0 Å². The van der Waals surface area contributed by atoms with E-state index in [0.717, 1.165) is 31.2 Å². The van der Waals surface area contributed by atoms with Gasteiger partial charge in [0.05, 0.1) is 34.4 Å². The second-order valence-corrected chi connectivity index (χ2v) is 9.86. The number of nitrogens with zero attached hydrogens (tertiary/aromatic N) is 2. The summed E-state index contributed by atoms with van der Waals surface area (Å²) in [5.41, 5.74) is 1.75. The monoisotopic (exact) mass is 478 g/mol. The molecule has 8 heteroatoms. The number of Topliss-reactive ketones (excluding diaryl/α,β-unsaturated/α-hetero) is 1. The molecule has 6 nitrogen and oxygen atoms in total. The summed E-state index contributed by atoms with van der Waals surface area (Å²) in [5, 5.41) is 0.409. The first kappa shape index (κ1) is 21.3. The first-order valence-electron chi connectivity index (χ1n) is 11.6. The summed E-state index contributed by atoms with van der Waals surface area (Å²) in [6.45, 7) is 2.40. The number of rotatable bonds is 4. The van der Waals surface area contributed by atoms with E-state index in [2.05, 4.69) is 4.98 Å². The molecule has 0 N–H and O–H groups in total. The Labute approximate surface area is 200 Å². The number of ether oxygens (including phenoxy) is 2. The highest BCUT2D eigenvalue weighted by Crippen LogP contribution is 2.49. The summed E-state index contributed by atoms with van der Waals surface area (Å²) < 4.78 is 26.4. The van der Waals surface area contributed by atoms with Gasteiger partial charge in [0.15, 0.2) is 16.7 Å². The summed E-state index contributed by atoms with van der Waals surface area (Å²) in [4.78, 5) is 33.7. The number of carbonyl (C=O) groups excluding carboxylic acids is 2. The predicted octanol–water partition coefficient (Wildman–Crippen LogP) is 5.33. The third-order valence-electron chi connectivity index (χ3n) is 6.79. The number of fused-ring (bicyclic) bond motifs is 2. The maximum Gasteiger partial charge on any atom is 0.296 e. The van der Waals surface area contributed by atoms with Crippen molar-refractivity contribution in [2.24, 2.45) is 5.92 Å². The van der Waals surface area contributed by atoms with Gasteiger partial charge in [-0.1, -0.05) is 29.9 Å². The third kappa shape index (κ3) is 3.31. The first-order chi connectivity index (χ1) is 16.5. The number of ketones is 1. The zero-order valence-electron chi connectivity index (χ0n) is 18.6. The number of benzene rings is 2. The number of carbonyl (C=O) groups is 2. The number of amides is 1. The molecule has 34 heavy (non-hydrogen) atoms. The number of hydrogen-bond acceptors (Lipinski definition) is 6. The molecule has 174 valence electrons. The van der Waals surface area contributed by atoms with Crippen molar-refractivity contribution in [3.63, 3.8) is 0 Å². The van der Waals surface area contributed by atoms with Crippen LogP contribution in [0, 0.1) is 11.7 Å². The summed E-state index contributed by atoms with van der Waals surface area (Å²) >= 11 is 1.23. The highest BCUT2D eigenvalue weighted by molar-refractivity contribution is 7.22. The van der Waals surface area contributed by atoms with Crippen molar-refractivity contribution in [1.82, 2.24) is 4.98 Å². The van der Waals surface area contributed by atoms with Gasteiger partial charge in [0, 0.05) is 0 Å². The Bertz CT molecular complexity index is 1350. The van der Waals surface area contributed by atoms with Gasteiger partial charge in [-0.05, 0) is 62.1 Å².